The van der Waals surface area contributed by atoms with Gasteiger partial charge in [0, 0.05) is 25.0 Å². The Balaban J connectivity index is 1.87. The molecular weight excluding hydrogens is 281 g/mol. The first-order valence-electron chi connectivity index (χ1n) is 6.97. The van der Waals surface area contributed by atoms with E-state index in [0.717, 1.165) is 25.5 Å². The van der Waals surface area contributed by atoms with Crippen molar-refractivity contribution >= 4 is 11.3 Å². The summed E-state index contributed by atoms with van der Waals surface area (Å²) in [6, 6.07) is 1.03. The summed E-state index contributed by atoms with van der Waals surface area (Å²) in [7, 11) is 0. The summed E-state index contributed by atoms with van der Waals surface area (Å²) >= 11 is 0. The lowest BCUT2D eigenvalue weighted by Crippen LogP contribution is -2.21. The van der Waals surface area contributed by atoms with Crippen LogP contribution in [0.1, 0.15) is 32.4 Å². The quantitative estimate of drug-likeness (QED) is 0.938. The van der Waals surface area contributed by atoms with E-state index < -0.39 is 11.9 Å². The van der Waals surface area contributed by atoms with Crippen molar-refractivity contribution in [2.75, 3.05) is 11.9 Å². The standard InChI is InChI=1S/C14H17F3N4/c1-9(2)13(3-4-13)8-19-12-10-7-11(14(15,16)17)20-21(10)6-5-18-12/h5-7,9H,3-4,8H2,1-2H3,(H,18,19). The molecule has 114 valence electrons. The van der Waals surface area contributed by atoms with Crippen molar-refractivity contribution in [2.24, 2.45) is 11.3 Å². The van der Waals surface area contributed by atoms with Crippen LogP contribution in [0.3, 0.4) is 0 Å². The molecule has 1 aliphatic rings. The molecule has 0 unspecified atom stereocenters. The van der Waals surface area contributed by atoms with Gasteiger partial charge in [-0.1, -0.05) is 13.8 Å². The molecule has 7 heteroatoms. The Kier molecular flexibility index (Phi) is 3.11. The normalized spacial score (nSPS) is 17.4. The summed E-state index contributed by atoms with van der Waals surface area (Å²) in [6.07, 6.45) is 0.725. The molecule has 3 rings (SSSR count). The second-order valence-electron chi connectivity index (χ2n) is 6.00. The summed E-state index contributed by atoms with van der Waals surface area (Å²) in [5, 5.41) is 6.75. The monoisotopic (exact) mass is 298 g/mol. The predicted octanol–water partition coefficient (Wildman–Crippen LogP) is 3.60. The van der Waals surface area contributed by atoms with E-state index in [1.54, 1.807) is 0 Å². The van der Waals surface area contributed by atoms with Gasteiger partial charge in [0.1, 0.15) is 5.52 Å². The van der Waals surface area contributed by atoms with Crippen LogP contribution in [-0.2, 0) is 6.18 Å². The van der Waals surface area contributed by atoms with E-state index >= 15 is 0 Å². The van der Waals surface area contributed by atoms with Crippen molar-refractivity contribution in [3.05, 3.63) is 24.2 Å². The van der Waals surface area contributed by atoms with Crippen LogP contribution in [0.25, 0.3) is 5.52 Å². The van der Waals surface area contributed by atoms with Gasteiger partial charge < -0.3 is 5.32 Å². The van der Waals surface area contributed by atoms with Crippen molar-refractivity contribution in [3.8, 4) is 0 Å². The molecule has 0 spiro atoms. The lowest BCUT2D eigenvalue weighted by Gasteiger charge is -2.20. The van der Waals surface area contributed by atoms with Crippen LogP contribution in [0.5, 0.6) is 0 Å². The number of anilines is 1. The zero-order valence-electron chi connectivity index (χ0n) is 11.9. The summed E-state index contributed by atoms with van der Waals surface area (Å²) in [5.74, 6) is 0.993. The van der Waals surface area contributed by atoms with E-state index in [-0.39, 0.29) is 5.41 Å². The zero-order valence-corrected chi connectivity index (χ0v) is 11.9. The molecule has 0 bridgehead atoms. The summed E-state index contributed by atoms with van der Waals surface area (Å²) in [4.78, 5) is 4.15. The molecule has 4 nitrogen and oxygen atoms in total. The van der Waals surface area contributed by atoms with E-state index in [9.17, 15) is 13.2 Å². The summed E-state index contributed by atoms with van der Waals surface area (Å²) in [5.41, 5.74) is -0.297. The van der Waals surface area contributed by atoms with Gasteiger partial charge in [-0.05, 0) is 24.2 Å². The summed E-state index contributed by atoms with van der Waals surface area (Å²) < 4.78 is 39.4. The third-order valence-electron chi connectivity index (χ3n) is 4.41. The van der Waals surface area contributed by atoms with E-state index in [1.807, 2.05) is 0 Å². The van der Waals surface area contributed by atoms with Gasteiger partial charge in [-0.25, -0.2) is 9.50 Å². The van der Waals surface area contributed by atoms with Crippen LogP contribution in [0.15, 0.2) is 18.5 Å². The number of hydrogen-bond donors (Lipinski definition) is 1. The van der Waals surface area contributed by atoms with E-state index in [4.69, 9.17) is 0 Å². The lowest BCUT2D eigenvalue weighted by atomic mass is 9.92. The van der Waals surface area contributed by atoms with Gasteiger partial charge in [-0.2, -0.15) is 18.3 Å². The first kappa shape index (κ1) is 14.2. The molecule has 0 aromatic carbocycles. The third-order valence-corrected chi connectivity index (χ3v) is 4.41. The maximum atomic E-state index is 12.7. The van der Waals surface area contributed by atoms with Crippen molar-refractivity contribution in [2.45, 2.75) is 32.9 Å². The zero-order chi connectivity index (χ0) is 15.3. The Labute approximate surface area is 120 Å². The smallest absolute Gasteiger partial charge is 0.368 e. The molecule has 0 radical (unpaired) electrons. The Morgan fingerprint density at radius 2 is 2.10 bits per heavy atom. The Hall–Kier alpha value is -1.79. The first-order valence-corrected chi connectivity index (χ1v) is 6.97. The number of fused-ring (bicyclic) bond motifs is 1. The third kappa shape index (κ3) is 2.56. The summed E-state index contributed by atoms with van der Waals surface area (Å²) in [6.45, 7) is 5.07. The highest BCUT2D eigenvalue weighted by Gasteiger charge is 2.45. The van der Waals surface area contributed by atoms with Crippen LogP contribution in [0.4, 0.5) is 19.0 Å². The molecule has 1 fully saturated rings. The minimum Gasteiger partial charge on any atom is -0.368 e. The molecule has 1 aliphatic carbocycles. The average molecular weight is 298 g/mol. The Morgan fingerprint density at radius 3 is 2.67 bits per heavy atom. The molecule has 2 aromatic heterocycles. The highest BCUT2D eigenvalue weighted by atomic mass is 19.4. The van der Waals surface area contributed by atoms with Gasteiger partial charge in [-0.3, -0.25) is 0 Å². The maximum Gasteiger partial charge on any atom is 0.435 e. The SMILES string of the molecule is CC(C)C1(CNc2nccn3nc(C(F)(F)F)cc23)CC1. The van der Waals surface area contributed by atoms with Crippen LogP contribution in [0.2, 0.25) is 0 Å². The minimum atomic E-state index is -4.45. The van der Waals surface area contributed by atoms with Crippen LogP contribution >= 0.6 is 0 Å². The fourth-order valence-corrected chi connectivity index (χ4v) is 2.58. The van der Waals surface area contributed by atoms with Crippen molar-refractivity contribution in [1.82, 2.24) is 14.6 Å². The molecule has 1 N–H and O–H groups in total. The van der Waals surface area contributed by atoms with Gasteiger partial charge in [0.15, 0.2) is 11.5 Å². The van der Waals surface area contributed by atoms with Gasteiger partial charge in [0.2, 0.25) is 0 Å². The van der Waals surface area contributed by atoms with Gasteiger partial charge >= 0.3 is 6.18 Å². The molecular formula is C14H17F3N4. The number of hydrogen-bond acceptors (Lipinski definition) is 3. The number of alkyl halides is 3. The van der Waals surface area contributed by atoms with Crippen molar-refractivity contribution < 1.29 is 13.2 Å². The largest absolute Gasteiger partial charge is 0.435 e. The highest BCUT2D eigenvalue weighted by molar-refractivity contribution is 5.68. The lowest BCUT2D eigenvalue weighted by molar-refractivity contribution is -0.141. The molecule has 1 saturated carbocycles. The van der Waals surface area contributed by atoms with Gasteiger partial charge in [0.05, 0.1) is 0 Å². The van der Waals surface area contributed by atoms with E-state index in [1.165, 1.54) is 16.9 Å². The molecule has 2 aromatic rings. The minimum absolute atomic E-state index is 0.251. The fourth-order valence-electron chi connectivity index (χ4n) is 2.58. The Morgan fingerprint density at radius 1 is 1.38 bits per heavy atom. The molecule has 0 amide bonds. The van der Waals surface area contributed by atoms with Crippen LogP contribution in [-0.4, -0.2) is 21.1 Å². The van der Waals surface area contributed by atoms with E-state index in [2.05, 4.69) is 29.2 Å². The molecule has 2 heterocycles. The fraction of sp³-hybridized carbons (Fsp3) is 0.571. The number of halogens is 3. The molecule has 0 aliphatic heterocycles. The van der Waals surface area contributed by atoms with Gasteiger partial charge in [-0.15, -0.1) is 0 Å². The van der Waals surface area contributed by atoms with Crippen molar-refractivity contribution in [1.29, 1.82) is 0 Å². The maximum absolute atomic E-state index is 12.7. The topological polar surface area (TPSA) is 42.2 Å². The molecule has 0 atom stereocenters. The molecule has 21 heavy (non-hydrogen) atoms. The number of nitrogens with one attached hydrogen (secondary N) is 1. The number of nitrogens with zero attached hydrogens (tertiary/aromatic N) is 3. The van der Waals surface area contributed by atoms with Crippen LogP contribution in [0, 0.1) is 11.3 Å². The van der Waals surface area contributed by atoms with Crippen LogP contribution < -0.4 is 5.32 Å². The Bertz CT molecular complexity index is 656. The number of rotatable bonds is 4. The predicted molar refractivity (Wildman–Crippen MR) is 73.0 cm³/mol. The number of aromatic nitrogens is 3. The second-order valence-corrected chi connectivity index (χ2v) is 6.00. The van der Waals surface area contributed by atoms with Gasteiger partial charge in [0.25, 0.3) is 0 Å². The first-order chi connectivity index (χ1) is 9.82. The second kappa shape index (κ2) is 4.61. The average Bonchev–Trinajstić information content (AvgIpc) is 3.05. The van der Waals surface area contributed by atoms with Crippen molar-refractivity contribution in [3.63, 3.8) is 0 Å². The highest BCUT2D eigenvalue weighted by Crippen LogP contribution is 2.51. The molecule has 0 saturated heterocycles. The van der Waals surface area contributed by atoms with E-state index in [0.29, 0.717) is 17.3 Å².